The molecule has 1 fully saturated rings. The van der Waals surface area contributed by atoms with Crippen molar-refractivity contribution in [3.8, 4) is 5.88 Å². The second kappa shape index (κ2) is 7.65. The third-order valence-electron chi connectivity index (χ3n) is 6.08. The minimum absolute atomic E-state index is 0.146. The summed E-state index contributed by atoms with van der Waals surface area (Å²) in [5.41, 5.74) is 14.7. The van der Waals surface area contributed by atoms with Gasteiger partial charge in [-0.2, -0.15) is 4.98 Å². The van der Waals surface area contributed by atoms with Crippen molar-refractivity contribution in [2.45, 2.75) is 32.4 Å². The van der Waals surface area contributed by atoms with Gasteiger partial charge in [0.1, 0.15) is 22.1 Å². The summed E-state index contributed by atoms with van der Waals surface area (Å²) in [6.07, 6.45) is 0.659. The standard InChI is InChI=1S/C22H26N6O2S/c1-11-8-28(9-16(11)23)17-6-4-13-7-14(10-30-21(13)27-17)26-20(29)19-18(24)15-5-3-12(2)25-22(15)31-19/h3-6,11,14,16H,7-10,23-24H2,1-2H3,(H,26,29). The number of hydrogen-bond donors (Lipinski definition) is 3. The lowest BCUT2D eigenvalue weighted by molar-refractivity contribution is 0.0918. The Morgan fingerprint density at radius 3 is 2.87 bits per heavy atom. The van der Waals surface area contributed by atoms with Gasteiger partial charge in [-0.1, -0.05) is 6.92 Å². The number of carbonyl (C=O) groups is 1. The Kier molecular flexibility index (Phi) is 4.94. The van der Waals surface area contributed by atoms with Gasteiger partial charge in [0.05, 0.1) is 11.7 Å². The van der Waals surface area contributed by atoms with Crippen molar-refractivity contribution in [1.29, 1.82) is 0 Å². The van der Waals surface area contributed by atoms with Crippen molar-refractivity contribution in [2.75, 3.05) is 30.3 Å². The van der Waals surface area contributed by atoms with Gasteiger partial charge in [0.25, 0.3) is 5.91 Å². The van der Waals surface area contributed by atoms with Crippen LogP contribution in [0.25, 0.3) is 10.2 Å². The summed E-state index contributed by atoms with van der Waals surface area (Å²) in [4.78, 5) is 25.5. The highest BCUT2D eigenvalue weighted by molar-refractivity contribution is 7.21. The Bertz CT molecular complexity index is 1150. The van der Waals surface area contributed by atoms with Gasteiger partial charge in [-0.15, -0.1) is 11.3 Å². The number of ether oxygens (including phenoxy) is 1. The van der Waals surface area contributed by atoms with E-state index in [1.54, 1.807) is 0 Å². The fourth-order valence-electron chi connectivity index (χ4n) is 4.20. The first kappa shape index (κ1) is 20.0. The fourth-order valence-corrected chi connectivity index (χ4v) is 5.24. The van der Waals surface area contributed by atoms with Crippen LogP contribution in [-0.2, 0) is 6.42 Å². The molecule has 1 amide bonds. The third-order valence-corrected chi connectivity index (χ3v) is 7.19. The number of hydrogen-bond acceptors (Lipinski definition) is 8. The van der Waals surface area contributed by atoms with Crippen LogP contribution >= 0.6 is 11.3 Å². The molecule has 3 atom stereocenters. The minimum Gasteiger partial charge on any atom is -0.475 e. The number of nitrogens with two attached hydrogens (primary N) is 2. The number of nitrogens with one attached hydrogen (secondary N) is 1. The number of nitrogen functional groups attached to an aromatic ring is 1. The fraction of sp³-hybridized carbons (Fsp3) is 0.409. The molecule has 0 aromatic carbocycles. The predicted octanol–water partition coefficient (Wildman–Crippen LogP) is 2.10. The number of anilines is 2. The Labute approximate surface area is 184 Å². The first-order valence-electron chi connectivity index (χ1n) is 10.5. The highest BCUT2D eigenvalue weighted by atomic mass is 32.1. The number of amides is 1. The monoisotopic (exact) mass is 438 g/mol. The zero-order valence-electron chi connectivity index (χ0n) is 17.6. The van der Waals surface area contributed by atoms with E-state index < -0.39 is 0 Å². The number of aryl methyl sites for hydroxylation is 1. The van der Waals surface area contributed by atoms with Crippen LogP contribution in [0.5, 0.6) is 5.88 Å². The molecule has 3 unspecified atom stereocenters. The van der Waals surface area contributed by atoms with Gasteiger partial charge in [-0.25, -0.2) is 4.98 Å². The first-order valence-corrected chi connectivity index (χ1v) is 11.3. The lowest BCUT2D eigenvalue weighted by Crippen LogP contribution is -2.43. The van der Waals surface area contributed by atoms with Crippen molar-refractivity contribution in [2.24, 2.45) is 11.7 Å². The van der Waals surface area contributed by atoms with Crippen LogP contribution in [-0.4, -0.2) is 47.7 Å². The van der Waals surface area contributed by atoms with Crippen molar-refractivity contribution >= 4 is 39.0 Å². The zero-order chi connectivity index (χ0) is 21.7. The summed E-state index contributed by atoms with van der Waals surface area (Å²) >= 11 is 1.32. The van der Waals surface area contributed by atoms with Gasteiger partial charge < -0.3 is 26.4 Å². The van der Waals surface area contributed by atoms with Crippen LogP contribution in [0.3, 0.4) is 0 Å². The van der Waals surface area contributed by atoms with E-state index in [9.17, 15) is 4.79 Å². The lowest BCUT2D eigenvalue weighted by Gasteiger charge is -2.27. The lowest BCUT2D eigenvalue weighted by atomic mass is 10.1. The average molecular weight is 439 g/mol. The molecule has 3 aromatic heterocycles. The predicted molar refractivity (Wildman–Crippen MR) is 123 cm³/mol. The molecule has 5 N–H and O–H groups in total. The highest BCUT2D eigenvalue weighted by Gasteiger charge is 2.29. The molecule has 1 saturated heterocycles. The Morgan fingerprint density at radius 2 is 2.10 bits per heavy atom. The van der Waals surface area contributed by atoms with Crippen LogP contribution in [0, 0.1) is 12.8 Å². The van der Waals surface area contributed by atoms with Gasteiger partial charge >= 0.3 is 0 Å². The molecular weight excluding hydrogens is 412 g/mol. The van der Waals surface area contributed by atoms with E-state index in [1.807, 2.05) is 31.2 Å². The number of thiophene rings is 1. The van der Waals surface area contributed by atoms with Crippen LogP contribution in [0.1, 0.15) is 27.9 Å². The molecule has 0 bridgehead atoms. The van der Waals surface area contributed by atoms with Gasteiger partial charge in [0, 0.05) is 42.2 Å². The van der Waals surface area contributed by atoms with Crippen LogP contribution in [0.4, 0.5) is 11.5 Å². The van der Waals surface area contributed by atoms with E-state index in [2.05, 4.69) is 22.1 Å². The van der Waals surface area contributed by atoms with E-state index in [0.717, 1.165) is 40.4 Å². The molecule has 0 radical (unpaired) electrons. The highest BCUT2D eigenvalue weighted by Crippen LogP contribution is 2.33. The second-order valence-corrected chi connectivity index (χ2v) is 9.51. The van der Waals surface area contributed by atoms with E-state index in [1.165, 1.54) is 11.3 Å². The first-order chi connectivity index (χ1) is 14.9. The summed E-state index contributed by atoms with van der Waals surface area (Å²) in [6, 6.07) is 7.87. The molecule has 0 aliphatic carbocycles. The maximum Gasteiger partial charge on any atom is 0.263 e. The Balaban J connectivity index is 1.29. The number of aromatic nitrogens is 2. The summed E-state index contributed by atoms with van der Waals surface area (Å²) in [7, 11) is 0. The number of fused-ring (bicyclic) bond motifs is 2. The summed E-state index contributed by atoms with van der Waals surface area (Å²) < 4.78 is 5.91. The van der Waals surface area contributed by atoms with Crippen LogP contribution < -0.4 is 26.4 Å². The molecule has 0 spiro atoms. The molecule has 162 valence electrons. The number of pyridine rings is 2. The molecular formula is C22H26N6O2S. The average Bonchev–Trinajstić information content (AvgIpc) is 3.26. The van der Waals surface area contributed by atoms with Gasteiger partial charge in [-0.05, 0) is 37.1 Å². The second-order valence-electron chi connectivity index (χ2n) is 8.52. The van der Waals surface area contributed by atoms with Crippen molar-refractivity contribution < 1.29 is 9.53 Å². The molecule has 8 nitrogen and oxygen atoms in total. The van der Waals surface area contributed by atoms with E-state index in [0.29, 0.717) is 35.4 Å². The summed E-state index contributed by atoms with van der Waals surface area (Å²) in [5.74, 6) is 1.78. The smallest absolute Gasteiger partial charge is 0.263 e. The Morgan fingerprint density at radius 1 is 1.26 bits per heavy atom. The SMILES string of the molecule is Cc1ccc2c(N)c(C(=O)NC3COc4nc(N5CC(C)C(N)C5)ccc4C3)sc2n1. The van der Waals surface area contributed by atoms with Gasteiger partial charge in [0.2, 0.25) is 5.88 Å². The molecule has 2 aliphatic heterocycles. The maximum atomic E-state index is 12.9. The van der Waals surface area contributed by atoms with Crippen LogP contribution in [0.2, 0.25) is 0 Å². The molecule has 5 heterocycles. The quantitative estimate of drug-likeness (QED) is 0.573. The summed E-state index contributed by atoms with van der Waals surface area (Å²) in [5, 5.41) is 3.88. The molecule has 5 rings (SSSR count). The number of nitrogens with zero attached hydrogens (tertiary/aromatic N) is 3. The van der Waals surface area contributed by atoms with Gasteiger partial charge in [-0.3, -0.25) is 4.79 Å². The maximum absolute atomic E-state index is 12.9. The van der Waals surface area contributed by atoms with Gasteiger partial charge in [0.15, 0.2) is 0 Å². The molecule has 3 aromatic rings. The van der Waals surface area contributed by atoms with E-state index in [4.69, 9.17) is 21.2 Å². The van der Waals surface area contributed by atoms with Crippen molar-refractivity contribution in [3.63, 3.8) is 0 Å². The zero-order valence-corrected chi connectivity index (χ0v) is 18.4. The number of carbonyl (C=O) groups excluding carboxylic acids is 1. The molecule has 0 saturated carbocycles. The topological polar surface area (TPSA) is 119 Å². The Hall–Kier alpha value is -2.91. The largest absolute Gasteiger partial charge is 0.475 e. The molecule has 9 heteroatoms. The molecule has 2 aliphatic rings. The summed E-state index contributed by atoms with van der Waals surface area (Å²) in [6.45, 7) is 6.15. The third kappa shape index (κ3) is 3.68. The van der Waals surface area contributed by atoms with E-state index in [-0.39, 0.29) is 18.0 Å². The van der Waals surface area contributed by atoms with E-state index >= 15 is 0 Å². The van der Waals surface area contributed by atoms with Crippen LogP contribution in [0.15, 0.2) is 24.3 Å². The molecule has 31 heavy (non-hydrogen) atoms. The normalized spacial score (nSPS) is 22.9. The minimum atomic E-state index is -0.195. The van der Waals surface area contributed by atoms with Crippen molar-refractivity contribution in [1.82, 2.24) is 15.3 Å². The van der Waals surface area contributed by atoms with Crippen molar-refractivity contribution in [3.05, 3.63) is 40.4 Å². The number of rotatable bonds is 3.